The number of carbonyl (C=O) groups excluding carboxylic acids is 1. The summed E-state index contributed by atoms with van der Waals surface area (Å²) in [7, 11) is -3.31. The fourth-order valence-corrected chi connectivity index (χ4v) is 3.83. The Morgan fingerprint density at radius 3 is 2.74 bits per heavy atom. The van der Waals surface area contributed by atoms with Gasteiger partial charge < -0.3 is 9.15 Å². The molecule has 0 radical (unpaired) electrons. The molecule has 9 nitrogen and oxygen atoms in total. The minimum Gasteiger partial charge on any atom is -0.494 e. The smallest absolute Gasteiger partial charge is 0.322 e. The van der Waals surface area contributed by atoms with Crippen LogP contribution in [-0.4, -0.2) is 54.8 Å². The van der Waals surface area contributed by atoms with Crippen LogP contribution in [0.2, 0.25) is 0 Å². The molecule has 1 atom stereocenters. The van der Waals surface area contributed by atoms with E-state index < -0.39 is 15.9 Å². The molecule has 1 aliphatic heterocycles. The van der Waals surface area contributed by atoms with Gasteiger partial charge in [-0.15, -0.1) is 5.10 Å². The number of anilines is 1. The van der Waals surface area contributed by atoms with Crippen molar-refractivity contribution >= 4 is 21.9 Å². The van der Waals surface area contributed by atoms with E-state index in [1.165, 1.54) is 4.31 Å². The monoisotopic (exact) mass is 394 g/mol. The first kappa shape index (κ1) is 19.3. The summed E-state index contributed by atoms with van der Waals surface area (Å²) in [4.78, 5) is 12.4. The Balaban J connectivity index is 1.64. The molecule has 146 valence electrons. The molecule has 1 aromatic heterocycles. The number of nitrogens with zero attached hydrogens (tertiary/aromatic N) is 3. The highest BCUT2D eigenvalue weighted by Crippen LogP contribution is 2.24. The average molecular weight is 394 g/mol. The van der Waals surface area contributed by atoms with Crippen LogP contribution in [0.15, 0.2) is 28.7 Å². The van der Waals surface area contributed by atoms with Crippen LogP contribution in [0.5, 0.6) is 5.75 Å². The van der Waals surface area contributed by atoms with Gasteiger partial charge in [-0.05, 0) is 44.0 Å². The molecule has 10 heteroatoms. The van der Waals surface area contributed by atoms with E-state index in [1.54, 1.807) is 24.3 Å². The largest absolute Gasteiger partial charge is 0.494 e. The van der Waals surface area contributed by atoms with Crippen LogP contribution in [0.4, 0.5) is 6.01 Å². The molecule has 1 N–H and O–H groups in total. The van der Waals surface area contributed by atoms with E-state index in [0.29, 0.717) is 31.6 Å². The Kier molecular flexibility index (Phi) is 5.76. The van der Waals surface area contributed by atoms with Crippen LogP contribution in [-0.2, 0) is 14.8 Å². The van der Waals surface area contributed by atoms with E-state index in [2.05, 4.69) is 15.5 Å². The molecule has 1 saturated heterocycles. The van der Waals surface area contributed by atoms with Crippen LogP contribution < -0.4 is 10.1 Å². The summed E-state index contributed by atoms with van der Waals surface area (Å²) in [6.07, 6.45) is 2.39. The van der Waals surface area contributed by atoms with Crippen molar-refractivity contribution in [1.29, 1.82) is 0 Å². The molecule has 1 amide bonds. The maximum atomic E-state index is 12.4. The Morgan fingerprint density at radius 2 is 2.07 bits per heavy atom. The summed E-state index contributed by atoms with van der Waals surface area (Å²) in [5.74, 6) is 0.233. The zero-order valence-electron chi connectivity index (χ0n) is 15.2. The van der Waals surface area contributed by atoms with Gasteiger partial charge in [-0.1, -0.05) is 5.10 Å². The number of nitrogens with one attached hydrogen (secondary N) is 1. The van der Waals surface area contributed by atoms with Gasteiger partial charge in [0.05, 0.1) is 18.8 Å². The summed E-state index contributed by atoms with van der Waals surface area (Å²) < 4.78 is 35.6. The Hall–Kier alpha value is -2.46. The molecule has 2 aromatic rings. The van der Waals surface area contributed by atoms with Gasteiger partial charge in [0, 0.05) is 18.7 Å². The summed E-state index contributed by atoms with van der Waals surface area (Å²) in [5, 5.41) is 10.4. The number of rotatable bonds is 6. The van der Waals surface area contributed by atoms with Crippen molar-refractivity contribution in [2.24, 2.45) is 5.92 Å². The minimum atomic E-state index is -3.31. The Morgan fingerprint density at radius 1 is 1.33 bits per heavy atom. The normalized spacial score (nSPS) is 18.2. The molecule has 1 fully saturated rings. The predicted molar refractivity (Wildman–Crippen MR) is 98.7 cm³/mol. The molecular formula is C17H22N4O5S. The second kappa shape index (κ2) is 8.05. The van der Waals surface area contributed by atoms with Gasteiger partial charge in [-0.2, -0.15) is 0 Å². The standard InChI is InChI=1S/C17H22N4O5S/c1-3-25-14-8-6-12(7-9-14)16-19-20-17(26-16)18-15(22)13-5-4-10-21(11-13)27(2,23)24/h6-9,13H,3-5,10-11H2,1-2H3,(H,18,20,22). The lowest BCUT2D eigenvalue weighted by molar-refractivity contribution is -0.121. The first-order valence-corrected chi connectivity index (χ1v) is 10.5. The molecule has 0 spiro atoms. The van der Waals surface area contributed by atoms with Gasteiger partial charge in [0.25, 0.3) is 0 Å². The lowest BCUT2D eigenvalue weighted by Gasteiger charge is -2.29. The lowest BCUT2D eigenvalue weighted by atomic mass is 9.99. The number of piperidine rings is 1. The van der Waals surface area contributed by atoms with Gasteiger partial charge >= 0.3 is 6.01 Å². The van der Waals surface area contributed by atoms with E-state index in [9.17, 15) is 13.2 Å². The third-order valence-corrected chi connectivity index (χ3v) is 5.56. The lowest BCUT2D eigenvalue weighted by Crippen LogP contribution is -2.43. The van der Waals surface area contributed by atoms with E-state index in [0.717, 1.165) is 12.0 Å². The van der Waals surface area contributed by atoms with Gasteiger partial charge in [-0.3, -0.25) is 10.1 Å². The number of hydrogen-bond donors (Lipinski definition) is 1. The summed E-state index contributed by atoms with van der Waals surface area (Å²) in [6.45, 7) is 3.08. The highest BCUT2D eigenvalue weighted by molar-refractivity contribution is 7.88. The van der Waals surface area contributed by atoms with Crippen molar-refractivity contribution < 1.29 is 22.4 Å². The Labute approximate surface area is 157 Å². The Bertz CT molecular complexity index is 894. The maximum absolute atomic E-state index is 12.4. The number of carbonyl (C=O) groups is 1. The van der Waals surface area contributed by atoms with E-state index in [4.69, 9.17) is 9.15 Å². The van der Waals surface area contributed by atoms with E-state index in [-0.39, 0.29) is 24.4 Å². The van der Waals surface area contributed by atoms with Gasteiger partial charge in [0.15, 0.2) is 0 Å². The summed E-state index contributed by atoms with van der Waals surface area (Å²) in [6, 6.07) is 7.15. The van der Waals surface area contributed by atoms with Crippen molar-refractivity contribution in [3.05, 3.63) is 24.3 Å². The highest BCUT2D eigenvalue weighted by Gasteiger charge is 2.30. The number of hydrogen-bond acceptors (Lipinski definition) is 7. The van der Waals surface area contributed by atoms with Crippen molar-refractivity contribution in [1.82, 2.24) is 14.5 Å². The van der Waals surface area contributed by atoms with Crippen LogP contribution >= 0.6 is 0 Å². The fourth-order valence-electron chi connectivity index (χ4n) is 2.92. The number of benzene rings is 1. The van der Waals surface area contributed by atoms with Gasteiger partial charge in [-0.25, -0.2) is 12.7 Å². The third kappa shape index (κ3) is 4.83. The zero-order valence-corrected chi connectivity index (χ0v) is 16.0. The molecule has 1 aromatic carbocycles. The SMILES string of the molecule is CCOc1ccc(-c2nnc(NC(=O)C3CCCN(S(C)(=O)=O)C3)o2)cc1. The molecule has 1 aliphatic rings. The summed E-state index contributed by atoms with van der Waals surface area (Å²) in [5.41, 5.74) is 0.701. The topological polar surface area (TPSA) is 115 Å². The molecule has 2 heterocycles. The van der Waals surface area contributed by atoms with Crippen LogP contribution in [0.25, 0.3) is 11.5 Å². The van der Waals surface area contributed by atoms with Crippen molar-refractivity contribution in [3.63, 3.8) is 0 Å². The van der Waals surface area contributed by atoms with Gasteiger partial charge in [0.2, 0.25) is 21.8 Å². The molecule has 3 rings (SSSR count). The molecule has 0 saturated carbocycles. The van der Waals surface area contributed by atoms with Gasteiger partial charge in [0.1, 0.15) is 5.75 Å². The second-order valence-corrected chi connectivity index (χ2v) is 8.30. The first-order valence-electron chi connectivity index (χ1n) is 8.69. The maximum Gasteiger partial charge on any atom is 0.322 e. The number of ether oxygens (including phenoxy) is 1. The minimum absolute atomic E-state index is 0.0136. The van der Waals surface area contributed by atoms with E-state index in [1.807, 2.05) is 6.92 Å². The molecule has 0 aliphatic carbocycles. The molecule has 1 unspecified atom stereocenters. The first-order chi connectivity index (χ1) is 12.9. The average Bonchev–Trinajstić information content (AvgIpc) is 3.10. The van der Waals surface area contributed by atoms with Crippen molar-refractivity contribution in [2.45, 2.75) is 19.8 Å². The zero-order chi connectivity index (χ0) is 19.4. The quantitative estimate of drug-likeness (QED) is 0.793. The summed E-state index contributed by atoms with van der Waals surface area (Å²) >= 11 is 0. The number of aromatic nitrogens is 2. The highest BCUT2D eigenvalue weighted by atomic mass is 32.2. The second-order valence-electron chi connectivity index (χ2n) is 6.32. The van der Waals surface area contributed by atoms with E-state index >= 15 is 0 Å². The van der Waals surface area contributed by atoms with Crippen LogP contribution in [0.1, 0.15) is 19.8 Å². The number of amides is 1. The predicted octanol–water partition coefficient (Wildman–Crippen LogP) is 1.75. The van der Waals surface area contributed by atoms with Crippen molar-refractivity contribution in [3.8, 4) is 17.2 Å². The number of sulfonamides is 1. The molecular weight excluding hydrogens is 372 g/mol. The molecule has 27 heavy (non-hydrogen) atoms. The van der Waals surface area contributed by atoms with Crippen LogP contribution in [0, 0.1) is 5.92 Å². The molecule has 0 bridgehead atoms. The fraction of sp³-hybridized carbons (Fsp3) is 0.471. The van der Waals surface area contributed by atoms with Crippen molar-refractivity contribution in [2.75, 3.05) is 31.3 Å². The van der Waals surface area contributed by atoms with Crippen LogP contribution in [0.3, 0.4) is 0 Å². The third-order valence-electron chi connectivity index (χ3n) is 4.29.